The number of hydrogen-bond donors (Lipinski definition) is 4. The highest BCUT2D eigenvalue weighted by Gasteiger charge is 2.18. The summed E-state index contributed by atoms with van der Waals surface area (Å²) in [5.74, 6) is 0. The molecule has 0 aromatic carbocycles. The van der Waals surface area contributed by atoms with Crippen molar-refractivity contribution < 1.29 is 56.9 Å². The molecule has 118 valence electrons. The first kappa shape index (κ1) is 22.2. The summed E-state index contributed by atoms with van der Waals surface area (Å²) in [6.07, 6.45) is 2.70. The van der Waals surface area contributed by atoms with E-state index in [1.807, 2.05) is 9.80 Å². The lowest BCUT2D eigenvalue weighted by molar-refractivity contribution is -0.954. The Labute approximate surface area is 140 Å². The molecule has 19 heavy (non-hydrogen) atoms. The van der Waals surface area contributed by atoms with Crippen LogP contribution in [0.15, 0.2) is 0 Å². The van der Waals surface area contributed by atoms with Crippen LogP contribution in [0.1, 0.15) is 12.8 Å². The highest BCUT2D eigenvalue weighted by molar-refractivity contribution is 4.49. The molecular weight excluding hydrogens is 351 g/mol. The zero-order chi connectivity index (χ0) is 11.1. The fourth-order valence-electron chi connectivity index (χ4n) is 2.91. The second kappa shape index (κ2) is 13.9. The normalized spacial score (nSPS) is 29.1. The summed E-state index contributed by atoms with van der Waals surface area (Å²) in [7, 11) is 0. The molecule has 4 nitrogen and oxygen atoms in total. The highest BCUT2D eigenvalue weighted by atomic mass is 79.9. The van der Waals surface area contributed by atoms with Gasteiger partial charge in [-0.3, -0.25) is 0 Å². The third-order valence-corrected chi connectivity index (χ3v) is 4.00. The predicted molar refractivity (Wildman–Crippen MR) is 64.9 cm³/mol. The van der Waals surface area contributed by atoms with Crippen LogP contribution < -0.4 is 62.2 Å². The van der Waals surface area contributed by atoms with E-state index in [-0.39, 0.29) is 41.8 Å². The van der Waals surface area contributed by atoms with Crippen molar-refractivity contribution in [2.45, 2.75) is 12.8 Å². The van der Waals surface area contributed by atoms with Crippen LogP contribution in [0.25, 0.3) is 0 Å². The SMILES string of the molecule is C1CNCCC[NH+]2CC[NH2+]CC[NH+](C1)CC2.[Br-].[Cl-].[Cl-]. The molecule has 5 N–H and O–H groups in total. The van der Waals surface area contributed by atoms with Crippen molar-refractivity contribution in [3.05, 3.63) is 0 Å². The summed E-state index contributed by atoms with van der Waals surface area (Å²) in [5, 5.41) is 6.10. The Morgan fingerprint density at radius 2 is 1.16 bits per heavy atom. The van der Waals surface area contributed by atoms with Crippen LogP contribution in [0, 0.1) is 0 Å². The van der Waals surface area contributed by atoms with Crippen LogP contribution in [-0.2, 0) is 0 Å². The molecule has 2 atom stereocenters. The Balaban J connectivity index is 0. The molecule has 2 aliphatic heterocycles. The van der Waals surface area contributed by atoms with Crippen molar-refractivity contribution in [3.8, 4) is 0 Å². The van der Waals surface area contributed by atoms with Gasteiger partial charge in [-0.25, -0.2) is 0 Å². The van der Waals surface area contributed by atoms with Crippen molar-refractivity contribution in [1.82, 2.24) is 5.32 Å². The largest absolute Gasteiger partial charge is 1.00 e. The lowest BCUT2D eigenvalue weighted by atomic mass is 10.3. The molecular formula is C12H29BrCl2N4. The van der Waals surface area contributed by atoms with Gasteiger partial charge in [-0.05, 0) is 0 Å². The molecule has 2 aliphatic rings. The minimum Gasteiger partial charge on any atom is -1.00 e. The maximum atomic E-state index is 3.57. The van der Waals surface area contributed by atoms with Gasteiger partial charge in [0.15, 0.2) is 0 Å². The quantitative estimate of drug-likeness (QED) is 0.331. The van der Waals surface area contributed by atoms with Gasteiger partial charge in [-0.2, -0.15) is 0 Å². The van der Waals surface area contributed by atoms with E-state index in [9.17, 15) is 0 Å². The molecule has 0 saturated carbocycles. The van der Waals surface area contributed by atoms with Crippen LogP contribution in [0.5, 0.6) is 0 Å². The minimum atomic E-state index is 0. The molecule has 2 saturated heterocycles. The summed E-state index contributed by atoms with van der Waals surface area (Å²) < 4.78 is 0. The fourth-order valence-corrected chi connectivity index (χ4v) is 2.91. The van der Waals surface area contributed by atoms with Crippen LogP contribution in [-0.4, -0.2) is 65.4 Å². The molecule has 2 fully saturated rings. The monoisotopic (exact) mass is 378 g/mol. The van der Waals surface area contributed by atoms with Gasteiger partial charge in [-0.15, -0.1) is 0 Å². The van der Waals surface area contributed by atoms with Gasteiger partial charge in [0.2, 0.25) is 0 Å². The van der Waals surface area contributed by atoms with Crippen LogP contribution in [0.2, 0.25) is 0 Å². The minimum absolute atomic E-state index is 0. The van der Waals surface area contributed by atoms with Crippen LogP contribution in [0.3, 0.4) is 0 Å². The number of nitrogens with one attached hydrogen (secondary N) is 3. The molecule has 0 spiro atoms. The summed E-state index contributed by atoms with van der Waals surface area (Å²) in [6.45, 7) is 13.4. The van der Waals surface area contributed by atoms with Gasteiger partial charge in [0.1, 0.15) is 39.3 Å². The van der Waals surface area contributed by atoms with E-state index < -0.39 is 0 Å². The Morgan fingerprint density at radius 3 is 1.63 bits per heavy atom. The molecule has 0 aliphatic carbocycles. The van der Waals surface area contributed by atoms with E-state index in [0.29, 0.717) is 0 Å². The van der Waals surface area contributed by atoms with E-state index in [1.54, 1.807) is 0 Å². The maximum Gasteiger partial charge on any atom is 0.127 e. The summed E-state index contributed by atoms with van der Waals surface area (Å²) in [5.41, 5.74) is 0. The first-order valence-corrected chi connectivity index (χ1v) is 7.14. The molecule has 2 rings (SSSR count). The van der Waals surface area contributed by atoms with Gasteiger partial charge in [-0.1, -0.05) is 0 Å². The van der Waals surface area contributed by atoms with Crippen molar-refractivity contribution in [2.75, 3.05) is 65.4 Å². The maximum absolute atomic E-state index is 3.57. The molecule has 2 heterocycles. The third-order valence-electron chi connectivity index (χ3n) is 4.00. The van der Waals surface area contributed by atoms with Gasteiger partial charge in [0.05, 0.1) is 13.1 Å². The Kier molecular flexibility index (Phi) is 16.2. The number of hydrogen-bond acceptors (Lipinski definition) is 1. The number of rotatable bonds is 0. The highest BCUT2D eigenvalue weighted by Crippen LogP contribution is 1.75. The average molecular weight is 380 g/mol. The lowest BCUT2D eigenvalue weighted by Crippen LogP contribution is -3.20. The molecule has 2 unspecified atom stereocenters. The molecule has 0 aromatic heterocycles. The zero-order valence-corrected chi connectivity index (χ0v) is 14.8. The van der Waals surface area contributed by atoms with E-state index in [4.69, 9.17) is 0 Å². The van der Waals surface area contributed by atoms with Gasteiger partial charge in [0.25, 0.3) is 0 Å². The first-order chi connectivity index (χ1) is 7.95. The standard InChI is InChI=1S/C12H26N4.BrH.2ClH/c1-3-13-4-2-8-16-10-6-14-5-9-15(7-1)11-12-16;;;/h13-14H,1-12H2;3*1H. The molecule has 2 bridgehead atoms. The summed E-state index contributed by atoms with van der Waals surface area (Å²) >= 11 is 0. The van der Waals surface area contributed by atoms with Crippen molar-refractivity contribution in [1.29, 1.82) is 0 Å². The average Bonchev–Trinajstić information content (AvgIpc) is 2.37. The second-order valence-electron chi connectivity index (χ2n) is 5.32. The number of quaternary nitrogens is 3. The van der Waals surface area contributed by atoms with E-state index in [2.05, 4.69) is 10.6 Å². The van der Waals surface area contributed by atoms with Crippen LogP contribution >= 0.6 is 0 Å². The molecule has 7 heteroatoms. The first-order valence-electron chi connectivity index (χ1n) is 7.14. The van der Waals surface area contributed by atoms with Gasteiger partial charge < -0.3 is 62.2 Å². The molecule has 0 radical (unpaired) electrons. The smallest absolute Gasteiger partial charge is 0.127 e. The second-order valence-corrected chi connectivity index (χ2v) is 5.32. The van der Waals surface area contributed by atoms with Gasteiger partial charge >= 0.3 is 0 Å². The van der Waals surface area contributed by atoms with Crippen molar-refractivity contribution >= 4 is 0 Å². The zero-order valence-electron chi connectivity index (χ0n) is 11.7. The Hall–Kier alpha value is 0.900. The van der Waals surface area contributed by atoms with Crippen LogP contribution in [0.4, 0.5) is 0 Å². The summed E-state index contributed by atoms with van der Waals surface area (Å²) in [6, 6.07) is 0. The molecule has 0 aromatic rings. The van der Waals surface area contributed by atoms with Crippen molar-refractivity contribution in [2.24, 2.45) is 0 Å². The Morgan fingerprint density at radius 1 is 0.684 bits per heavy atom. The summed E-state index contributed by atoms with van der Waals surface area (Å²) in [4.78, 5) is 3.67. The topological polar surface area (TPSA) is 37.5 Å². The van der Waals surface area contributed by atoms with Gasteiger partial charge in [0, 0.05) is 25.9 Å². The number of halogens is 3. The lowest BCUT2D eigenvalue weighted by Gasteiger charge is -2.20. The van der Waals surface area contributed by atoms with E-state index in [1.165, 1.54) is 78.3 Å². The predicted octanol–water partition coefficient (Wildman–Crippen LogP) is -13.3. The number of nitrogens with two attached hydrogens (primary N) is 1. The van der Waals surface area contributed by atoms with E-state index in [0.717, 1.165) is 0 Å². The Bertz CT molecular complexity index is 183. The fraction of sp³-hybridized carbons (Fsp3) is 1.00. The number of fused-ring (bicyclic) bond motifs is 3. The molecule has 0 amide bonds. The van der Waals surface area contributed by atoms with Crippen molar-refractivity contribution in [3.63, 3.8) is 0 Å². The third kappa shape index (κ3) is 9.45. The van der Waals surface area contributed by atoms with E-state index >= 15 is 0 Å².